The van der Waals surface area contributed by atoms with Crippen molar-refractivity contribution in [1.82, 2.24) is 4.72 Å². The van der Waals surface area contributed by atoms with Crippen molar-refractivity contribution in [2.45, 2.75) is 44.4 Å². The molecule has 0 aliphatic heterocycles. The molecular formula is C14H21ClFNO2S. The molecule has 0 aliphatic carbocycles. The minimum absolute atomic E-state index is 0.132. The van der Waals surface area contributed by atoms with Gasteiger partial charge in [0.2, 0.25) is 10.0 Å². The molecule has 0 saturated carbocycles. The molecule has 0 spiro atoms. The maximum absolute atomic E-state index is 13.2. The van der Waals surface area contributed by atoms with Crippen LogP contribution >= 0.6 is 11.6 Å². The Morgan fingerprint density at radius 2 is 1.75 bits per heavy atom. The van der Waals surface area contributed by atoms with Crippen molar-refractivity contribution in [3.8, 4) is 0 Å². The van der Waals surface area contributed by atoms with E-state index in [0.717, 1.165) is 6.42 Å². The van der Waals surface area contributed by atoms with Crippen LogP contribution in [0.5, 0.6) is 0 Å². The summed E-state index contributed by atoms with van der Waals surface area (Å²) >= 11 is 6.09. The third kappa shape index (κ3) is 4.72. The zero-order chi connectivity index (χ0) is 15.5. The van der Waals surface area contributed by atoms with Gasteiger partial charge in [-0.1, -0.05) is 13.8 Å². The highest BCUT2D eigenvalue weighted by molar-refractivity contribution is 7.89. The van der Waals surface area contributed by atoms with Crippen LogP contribution in [0.1, 0.15) is 31.4 Å². The van der Waals surface area contributed by atoms with Crippen molar-refractivity contribution in [3.63, 3.8) is 0 Å². The number of sulfonamides is 1. The van der Waals surface area contributed by atoms with Crippen molar-refractivity contribution in [1.29, 1.82) is 0 Å². The second-order valence-electron chi connectivity index (χ2n) is 5.45. The van der Waals surface area contributed by atoms with E-state index in [2.05, 4.69) is 4.72 Å². The average Bonchev–Trinajstić information content (AvgIpc) is 2.23. The molecule has 20 heavy (non-hydrogen) atoms. The fraction of sp³-hybridized carbons (Fsp3) is 0.571. The van der Waals surface area contributed by atoms with Gasteiger partial charge in [0.1, 0.15) is 5.82 Å². The lowest BCUT2D eigenvalue weighted by atomic mass is 10.1. The average molecular weight is 322 g/mol. The molecule has 0 radical (unpaired) electrons. The van der Waals surface area contributed by atoms with Gasteiger partial charge in [-0.05, 0) is 49.4 Å². The number of hydrogen-bond donors (Lipinski definition) is 1. The lowest BCUT2D eigenvalue weighted by Crippen LogP contribution is -2.31. The van der Waals surface area contributed by atoms with Gasteiger partial charge < -0.3 is 0 Å². The molecule has 0 bridgehead atoms. The van der Waals surface area contributed by atoms with Gasteiger partial charge in [0.25, 0.3) is 0 Å². The molecule has 1 aromatic rings. The van der Waals surface area contributed by atoms with E-state index in [0.29, 0.717) is 17.0 Å². The van der Waals surface area contributed by atoms with Gasteiger partial charge in [0, 0.05) is 11.9 Å². The molecular weight excluding hydrogens is 301 g/mol. The fourth-order valence-electron chi connectivity index (χ4n) is 2.19. The van der Waals surface area contributed by atoms with Gasteiger partial charge in [-0.2, -0.15) is 0 Å². The van der Waals surface area contributed by atoms with Crippen LogP contribution in [0.2, 0.25) is 0 Å². The Bertz CT molecular complexity index is 550. The Kier molecular flexibility index (Phi) is 5.98. The van der Waals surface area contributed by atoms with E-state index in [4.69, 9.17) is 11.6 Å². The number of alkyl halides is 1. The van der Waals surface area contributed by atoms with Crippen molar-refractivity contribution in [2.75, 3.05) is 6.54 Å². The van der Waals surface area contributed by atoms with Crippen molar-refractivity contribution >= 4 is 21.6 Å². The molecule has 1 unspecified atom stereocenters. The highest BCUT2D eigenvalue weighted by atomic mass is 35.5. The van der Waals surface area contributed by atoms with E-state index in [1.807, 2.05) is 13.8 Å². The summed E-state index contributed by atoms with van der Waals surface area (Å²) in [6, 6.07) is 2.43. The smallest absolute Gasteiger partial charge is 0.210 e. The van der Waals surface area contributed by atoms with Gasteiger partial charge >= 0.3 is 0 Å². The maximum atomic E-state index is 13.2. The van der Waals surface area contributed by atoms with Crippen molar-refractivity contribution in [3.05, 3.63) is 29.1 Å². The van der Waals surface area contributed by atoms with Crippen LogP contribution in [-0.2, 0) is 10.0 Å². The van der Waals surface area contributed by atoms with Gasteiger partial charge in [0.15, 0.2) is 0 Å². The zero-order valence-corrected chi connectivity index (χ0v) is 13.8. The molecule has 0 aromatic heterocycles. The van der Waals surface area contributed by atoms with E-state index in [9.17, 15) is 12.8 Å². The first kappa shape index (κ1) is 17.4. The molecule has 1 N–H and O–H groups in total. The lowest BCUT2D eigenvalue weighted by Gasteiger charge is -2.15. The first-order valence-electron chi connectivity index (χ1n) is 6.54. The fourth-order valence-corrected chi connectivity index (χ4v) is 4.24. The quantitative estimate of drug-likeness (QED) is 0.816. The molecule has 1 aromatic carbocycles. The van der Waals surface area contributed by atoms with Crippen LogP contribution < -0.4 is 4.72 Å². The summed E-state index contributed by atoms with van der Waals surface area (Å²) in [5.41, 5.74) is 0.787. The summed E-state index contributed by atoms with van der Waals surface area (Å²) < 4.78 is 40.3. The first-order valence-corrected chi connectivity index (χ1v) is 8.46. The normalized spacial score (nSPS) is 13.8. The molecule has 1 rings (SSSR count). The Morgan fingerprint density at radius 3 is 2.20 bits per heavy atom. The summed E-state index contributed by atoms with van der Waals surface area (Å²) in [6.07, 6.45) is 0.728. The summed E-state index contributed by atoms with van der Waals surface area (Å²) in [6.45, 7) is 7.38. The van der Waals surface area contributed by atoms with Crippen LogP contribution in [0.25, 0.3) is 0 Å². The SMILES string of the molecule is Cc1cc(F)cc(C)c1S(=O)(=O)NCC(Cl)CC(C)C. The van der Waals surface area contributed by atoms with E-state index in [1.54, 1.807) is 13.8 Å². The van der Waals surface area contributed by atoms with Crippen LogP contribution in [-0.4, -0.2) is 20.3 Å². The molecule has 3 nitrogen and oxygen atoms in total. The largest absolute Gasteiger partial charge is 0.241 e. The maximum Gasteiger partial charge on any atom is 0.241 e. The molecule has 0 heterocycles. The summed E-state index contributed by atoms with van der Waals surface area (Å²) in [5.74, 6) is -0.0368. The van der Waals surface area contributed by atoms with Crippen LogP contribution in [0, 0.1) is 25.6 Å². The topological polar surface area (TPSA) is 46.2 Å². The summed E-state index contributed by atoms with van der Waals surface area (Å²) in [4.78, 5) is 0.132. The monoisotopic (exact) mass is 321 g/mol. The second kappa shape index (κ2) is 6.87. The Balaban J connectivity index is 2.90. The second-order valence-corrected chi connectivity index (χ2v) is 7.77. The molecule has 114 valence electrons. The number of nitrogens with one attached hydrogen (secondary N) is 1. The van der Waals surface area contributed by atoms with E-state index >= 15 is 0 Å². The minimum Gasteiger partial charge on any atom is -0.210 e. The third-order valence-corrected chi connectivity index (χ3v) is 4.98. The molecule has 0 aliphatic rings. The van der Waals surface area contributed by atoms with Gasteiger partial charge in [-0.15, -0.1) is 11.6 Å². The van der Waals surface area contributed by atoms with E-state index in [1.165, 1.54) is 12.1 Å². The summed E-state index contributed by atoms with van der Waals surface area (Å²) in [7, 11) is -3.67. The molecule has 0 saturated heterocycles. The van der Waals surface area contributed by atoms with Crippen LogP contribution in [0.4, 0.5) is 4.39 Å². The van der Waals surface area contributed by atoms with Crippen LogP contribution in [0.3, 0.4) is 0 Å². The Morgan fingerprint density at radius 1 is 1.25 bits per heavy atom. The molecule has 0 amide bonds. The molecule has 1 atom stereocenters. The minimum atomic E-state index is -3.67. The number of rotatable bonds is 6. The number of hydrogen-bond acceptors (Lipinski definition) is 2. The highest BCUT2D eigenvalue weighted by Crippen LogP contribution is 2.21. The highest BCUT2D eigenvalue weighted by Gasteiger charge is 2.21. The predicted molar refractivity (Wildman–Crippen MR) is 80.2 cm³/mol. The van der Waals surface area contributed by atoms with Gasteiger partial charge in [0.05, 0.1) is 4.90 Å². The van der Waals surface area contributed by atoms with Gasteiger partial charge in [-0.3, -0.25) is 0 Å². The third-order valence-electron chi connectivity index (χ3n) is 2.92. The lowest BCUT2D eigenvalue weighted by molar-refractivity contribution is 0.543. The number of benzene rings is 1. The molecule has 6 heteroatoms. The van der Waals surface area contributed by atoms with E-state index < -0.39 is 15.8 Å². The zero-order valence-electron chi connectivity index (χ0n) is 12.2. The predicted octanol–water partition coefficient (Wildman–Crippen LogP) is 3.37. The Labute approximate surface area is 125 Å². The van der Waals surface area contributed by atoms with Crippen LogP contribution in [0.15, 0.2) is 17.0 Å². The number of halogens is 2. The van der Waals surface area contributed by atoms with Gasteiger partial charge in [-0.25, -0.2) is 17.5 Å². The van der Waals surface area contributed by atoms with Crippen molar-refractivity contribution in [2.24, 2.45) is 5.92 Å². The van der Waals surface area contributed by atoms with E-state index in [-0.39, 0.29) is 16.8 Å². The Hall–Kier alpha value is -0.650. The standard InChI is InChI=1S/C14H21ClFNO2S/c1-9(2)5-12(15)8-17-20(18,19)14-10(3)6-13(16)7-11(14)4/h6-7,9,12,17H,5,8H2,1-4H3. The molecule has 0 fully saturated rings. The number of aryl methyl sites for hydroxylation is 2. The first-order chi connectivity index (χ1) is 9.13. The summed E-state index contributed by atoms with van der Waals surface area (Å²) in [5, 5.41) is -0.258. The van der Waals surface area contributed by atoms with Crippen molar-refractivity contribution < 1.29 is 12.8 Å².